The van der Waals surface area contributed by atoms with Crippen molar-refractivity contribution in [3.8, 4) is 5.75 Å². The summed E-state index contributed by atoms with van der Waals surface area (Å²) in [5, 5.41) is 82.8. The molecular formula is C71H109N17O22. The summed E-state index contributed by atoms with van der Waals surface area (Å²) in [6.07, 6.45) is 1.10. The molecule has 0 radical (unpaired) electrons. The van der Waals surface area contributed by atoms with E-state index >= 15 is 0 Å². The zero-order valence-corrected chi connectivity index (χ0v) is 63.1. The van der Waals surface area contributed by atoms with Crippen LogP contribution in [0, 0.1) is 17.8 Å². The molecule has 1 heterocycles. The molecule has 0 spiro atoms. The number of nitrogens with zero attached hydrogens (tertiary/aromatic N) is 1. The number of nitrogens with one attached hydrogen (secondary N) is 14. The average molecular weight is 1550 g/mol. The number of unbranched alkanes of at least 4 members (excludes halogenated alkanes) is 1. The van der Waals surface area contributed by atoms with Gasteiger partial charge in [-0.3, -0.25) is 76.7 Å². The predicted octanol–water partition coefficient (Wildman–Crippen LogP) is -6.34. The number of carboxylic acid groups (broad SMARTS) is 2. The van der Waals surface area contributed by atoms with Gasteiger partial charge in [-0.25, -0.2) is 4.79 Å². The summed E-state index contributed by atoms with van der Waals surface area (Å²) in [5.41, 5.74) is 12.5. The van der Waals surface area contributed by atoms with E-state index in [4.69, 9.17) is 11.5 Å². The number of aliphatic hydroxyl groups is 2. The van der Waals surface area contributed by atoms with E-state index in [0.29, 0.717) is 36.8 Å². The third-order valence-corrected chi connectivity index (χ3v) is 18.4. The van der Waals surface area contributed by atoms with Gasteiger partial charge < -0.3 is 116 Å². The van der Waals surface area contributed by atoms with Gasteiger partial charge in [-0.2, -0.15) is 0 Å². The standard InChI is InChI=1S/C71H109N17O22/c1-9-37(4)57(73)67(105)85-50(36-90)70(108)88-27-17-21-51(88)66(104)76-33-53(93)80-46(28-42-18-13-12-14-19-42)62(100)75-32-55(95)82-49(35-89)65(103)87-59(39(6)11-3)69(107)79-40(7)60(98)74-31-52(92)78-41(8)61(99)84-47(29-43-22-24-44(91)25-23-43)64(102)86-58(38(5)10-2)68(106)77-34-54(94)81-48(30-56(96)97)63(101)83-45(71(109)110)20-15-16-26-72/h12-14,18-19,22-25,37-41,45-51,57-59,89-91H,9-11,15-17,20-21,26-36,72-73H2,1-8H3,(H,74,98)(H,75,100)(H,76,104)(H,77,106)(H,78,92)(H,79,107)(H,80,93)(H,81,94)(H,82,95)(H,83,101)(H,84,99)(H,85,105)(H,86,102)(H,87,103)(H,96,97)(H,109,110)/t37-,38-,39-,40-,41-,45-,46-,47-,48-,49-,50-,51-,57-,58-,59-/m0/s1. The van der Waals surface area contributed by atoms with E-state index < -0.39 is 231 Å². The second kappa shape index (κ2) is 47.8. The van der Waals surface area contributed by atoms with Gasteiger partial charge in [0.1, 0.15) is 72.2 Å². The Kier molecular flexibility index (Phi) is 40.5. The molecule has 3 rings (SSSR count). The van der Waals surface area contributed by atoms with Crippen molar-refractivity contribution in [3.05, 3.63) is 65.7 Å². The fourth-order valence-corrected chi connectivity index (χ4v) is 11.1. The maximum absolute atomic E-state index is 14.2. The van der Waals surface area contributed by atoms with Gasteiger partial charge in [0.15, 0.2) is 0 Å². The Balaban J connectivity index is 1.61. The molecule has 1 fully saturated rings. The predicted molar refractivity (Wildman–Crippen MR) is 393 cm³/mol. The van der Waals surface area contributed by atoms with E-state index in [2.05, 4.69) is 74.4 Å². The number of aliphatic carboxylic acids is 2. The van der Waals surface area contributed by atoms with Crippen molar-refractivity contribution in [1.82, 2.24) is 79.3 Å². The molecule has 0 unspecified atom stereocenters. The summed E-state index contributed by atoms with van der Waals surface area (Å²) in [5.74, 6) is -18.2. The number of aliphatic hydroxyl groups excluding tert-OH is 2. The highest BCUT2D eigenvalue weighted by atomic mass is 16.4. The minimum atomic E-state index is -1.77. The Morgan fingerprint density at radius 1 is 0.464 bits per heavy atom. The monoisotopic (exact) mass is 1550 g/mol. The van der Waals surface area contributed by atoms with Crippen LogP contribution in [-0.2, 0) is 94.3 Å². The number of carbonyl (C=O) groups excluding carboxylic acids is 15. The second-order valence-corrected chi connectivity index (χ2v) is 26.9. The lowest BCUT2D eigenvalue weighted by Crippen LogP contribution is -2.60. The van der Waals surface area contributed by atoms with Gasteiger partial charge in [0.25, 0.3) is 0 Å². The van der Waals surface area contributed by atoms with Gasteiger partial charge in [0.2, 0.25) is 88.6 Å². The molecule has 610 valence electrons. The maximum atomic E-state index is 14.2. The first-order valence-corrected chi connectivity index (χ1v) is 36.4. The van der Waals surface area contributed by atoms with Gasteiger partial charge in [-0.05, 0) is 93.5 Å². The van der Waals surface area contributed by atoms with Crippen LogP contribution in [0.25, 0.3) is 0 Å². The van der Waals surface area contributed by atoms with E-state index in [9.17, 15) is 107 Å². The van der Waals surface area contributed by atoms with Crippen molar-refractivity contribution in [2.45, 2.75) is 199 Å². The molecule has 110 heavy (non-hydrogen) atoms. The van der Waals surface area contributed by atoms with Crippen LogP contribution in [0.15, 0.2) is 54.6 Å². The Morgan fingerprint density at radius 3 is 1.45 bits per heavy atom. The molecule has 39 heteroatoms. The summed E-state index contributed by atoms with van der Waals surface area (Å²) in [6.45, 7) is 8.11. The minimum Gasteiger partial charge on any atom is -0.508 e. The molecular weight excluding hydrogens is 1440 g/mol. The number of hydrogen-bond acceptors (Lipinski definition) is 22. The highest BCUT2D eigenvalue weighted by Gasteiger charge is 2.40. The van der Waals surface area contributed by atoms with Gasteiger partial charge >= 0.3 is 11.9 Å². The van der Waals surface area contributed by atoms with Crippen molar-refractivity contribution in [2.75, 3.05) is 52.5 Å². The number of likely N-dealkylation sites (tertiary alicyclic amines) is 1. The number of hydrogen-bond donors (Lipinski definition) is 21. The van der Waals surface area contributed by atoms with Gasteiger partial charge in [0, 0.05) is 19.4 Å². The van der Waals surface area contributed by atoms with Crippen LogP contribution in [0.3, 0.4) is 0 Å². The lowest BCUT2D eigenvalue weighted by molar-refractivity contribution is -0.143. The summed E-state index contributed by atoms with van der Waals surface area (Å²) >= 11 is 0. The first kappa shape index (κ1) is 93.3. The van der Waals surface area contributed by atoms with Crippen LogP contribution < -0.4 is 85.9 Å². The molecule has 15 atom stereocenters. The van der Waals surface area contributed by atoms with E-state index in [0.717, 1.165) is 0 Å². The molecule has 1 saturated heterocycles. The summed E-state index contributed by atoms with van der Waals surface area (Å²) < 4.78 is 0. The number of benzene rings is 2. The lowest BCUT2D eigenvalue weighted by atomic mass is 9.97. The van der Waals surface area contributed by atoms with E-state index in [-0.39, 0.29) is 63.3 Å². The SMILES string of the molecule is CC[C@H](C)[C@H](N)C(=O)N[C@@H](CO)C(=O)N1CCC[C@H]1C(=O)NCC(=O)N[C@@H](Cc1ccccc1)C(=O)NCC(=O)N[C@@H](CO)C(=O)N[C@H](C(=O)N[C@@H](C)C(=O)NCC(=O)N[C@@H](C)C(=O)N[C@@H](Cc1ccc(O)cc1)C(=O)N[C@H](C(=O)NCC(=O)N[C@@H](CC(=O)O)C(=O)N[C@@H](CCCCN)C(=O)O)[C@@H](C)CC)[C@@H](C)CC. The third kappa shape index (κ3) is 31.7. The number of carboxylic acids is 2. The molecule has 15 amide bonds. The maximum Gasteiger partial charge on any atom is 0.326 e. The molecule has 0 aromatic heterocycles. The van der Waals surface area contributed by atoms with E-state index in [1.807, 2.05) is 6.92 Å². The summed E-state index contributed by atoms with van der Waals surface area (Å²) in [7, 11) is 0. The highest BCUT2D eigenvalue weighted by Crippen LogP contribution is 2.20. The molecule has 0 aliphatic carbocycles. The fourth-order valence-electron chi connectivity index (χ4n) is 11.1. The van der Waals surface area contributed by atoms with Crippen LogP contribution in [0.1, 0.15) is 124 Å². The van der Waals surface area contributed by atoms with Crippen molar-refractivity contribution < 1.29 is 107 Å². The minimum absolute atomic E-state index is 0.0416. The molecule has 1 aliphatic heterocycles. The van der Waals surface area contributed by atoms with Crippen LogP contribution in [-0.4, -0.2) is 256 Å². The average Bonchev–Trinajstić information content (AvgIpc) is 1.62. The first-order valence-electron chi connectivity index (χ1n) is 36.4. The number of nitrogens with two attached hydrogens (primary N) is 2. The second-order valence-electron chi connectivity index (χ2n) is 26.9. The number of carbonyl (C=O) groups is 17. The van der Waals surface area contributed by atoms with Gasteiger partial charge in [0.05, 0.1) is 51.9 Å². The van der Waals surface area contributed by atoms with Crippen LogP contribution >= 0.6 is 0 Å². The molecule has 1 aliphatic rings. The number of phenols is 1. The smallest absolute Gasteiger partial charge is 0.326 e. The van der Waals surface area contributed by atoms with Crippen LogP contribution in [0.5, 0.6) is 5.75 Å². The normalized spacial score (nSPS) is 16.2. The highest BCUT2D eigenvalue weighted by molar-refractivity contribution is 6.00. The van der Waals surface area contributed by atoms with E-state index in [1.165, 1.54) is 43.0 Å². The molecule has 2 aromatic rings. The van der Waals surface area contributed by atoms with Gasteiger partial charge in [-0.15, -0.1) is 0 Å². The lowest BCUT2D eigenvalue weighted by Gasteiger charge is -2.29. The molecule has 0 saturated carbocycles. The first-order chi connectivity index (χ1) is 52.0. The Bertz CT molecular complexity index is 3500. The Morgan fingerprint density at radius 2 is 0.918 bits per heavy atom. The largest absolute Gasteiger partial charge is 0.508 e. The third-order valence-electron chi connectivity index (χ3n) is 18.4. The van der Waals surface area contributed by atoms with Crippen LogP contribution in [0.4, 0.5) is 0 Å². The fraction of sp³-hybridized carbons (Fsp3) is 0.592. The van der Waals surface area contributed by atoms with Crippen molar-refractivity contribution in [2.24, 2.45) is 29.2 Å². The van der Waals surface area contributed by atoms with Crippen molar-refractivity contribution >= 4 is 101 Å². The van der Waals surface area contributed by atoms with E-state index in [1.54, 1.807) is 65.0 Å². The molecule has 2 aromatic carbocycles. The van der Waals surface area contributed by atoms with Crippen LogP contribution in [0.2, 0.25) is 0 Å². The quantitative estimate of drug-likeness (QED) is 0.0274. The zero-order valence-electron chi connectivity index (χ0n) is 63.1. The molecule has 23 N–H and O–H groups in total. The number of rotatable bonds is 48. The van der Waals surface area contributed by atoms with Crippen molar-refractivity contribution in [3.63, 3.8) is 0 Å². The number of phenolic OH excluding ortho intramolecular Hbond substituents is 1. The topological polar surface area (TPSA) is 615 Å². The Hall–Kier alpha value is -10.9. The van der Waals surface area contributed by atoms with Crippen molar-refractivity contribution in [1.29, 1.82) is 0 Å². The zero-order chi connectivity index (χ0) is 82.5. The Labute approximate surface area is 636 Å². The summed E-state index contributed by atoms with van der Waals surface area (Å²) in [6, 6.07) is -2.86. The molecule has 39 nitrogen and oxygen atoms in total. The summed E-state index contributed by atoms with van der Waals surface area (Å²) in [4.78, 5) is 226. The number of amides is 15. The number of aromatic hydroxyl groups is 1. The van der Waals surface area contributed by atoms with Gasteiger partial charge in [-0.1, -0.05) is 103 Å². The molecule has 0 bridgehead atoms.